The molecule has 51 heavy (non-hydrogen) atoms. The SMILES string of the molecule is CCNCCCCNCCCCNCCCCNCCCCNC/C=C/CNCCCCNCCCCNCCCCNCCCCNCCO. The summed E-state index contributed by atoms with van der Waals surface area (Å²) >= 11 is 0. The molecule has 0 aromatic heterocycles. The highest BCUT2D eigenvalue weighted by atomic mass is 16.3. The molecule has 0 bridgehead atoms. The highest BCUT2D eigenvalue weighted by Crippen LogP contribution is 1.92. The minimum Gasteiger partial charge on any atom is -0.395 e. The van der Waals surface area contributed by atoms with E-state index < -0.39 is 0 Å². The number of nitrogens with one attached hydrogen (secondary N) is 10. The van der Waals surface area contributed by atoms with E-state index in [9.17, 15) is 0 Å². The van der Waals surface area contributed by atoms with Crippen molar-refractivity contribution in [3.8, 4) is 0 Å². The molecule has 0 aromatic rings. The predicted molar refractivity (Wildman–Crippen MR) is 224 cm³/mol. The maximum Gasteiger partial charge on any atom is 0.0555 e. The van der Waals surface area contributed by atoms with E-state index in [4.69, 9.17) is 5.11 Å². The number of hydrogen-bond donors (Lipinski definition) is 11. The normalized spacial score (nSPS) is 11.8. The molecule has 11 heteroatoms. The molecule has 0 heterocycles. The Kier molecular flexibility index (Phi) is 48.6. The summed E-state index contributed by atoms with van der Waals surface area (Å²) in [6.07, 6.45) is 24.5. The van der Waals surface area contributed by atoms with Crippen molar-refractivity contribution in [1.82, 2.24) is 53.2 Å². The molecule has 0 saturated heterocycles. The first-order chi connectivity index (χ1) is 25.4. The maximum atomic E-state index is 8.73. The second-order valence-corrected chi connectivity index (χ2v) is 13.9. The van der Waals surface area contributed by atoms with Gasteiger partial charge in [-0.25, -0.2) is 0 Å². The van der Waals surface area contributed by atoms with Crippen molar-refractivity contribution in [1.29, 1.82) is 0 Å². The lowest BCUT2D eigenvalue weighted by Crippen LogP contribution is -2.23. The van der Waals surface area contributed by atoms with Crippen LogP contribution in [0.2, 0.25) is 0 Å². The van der Waals surface area contributed by atoms with Gasteiger partial charge >= 0.3 is 0 Å². The number of rotatable bonds is 47. The van der Waals surface area contributed by atoms with E-state index in [2.05, 4.69) is 72.2 Å². The third-order valence-electron chi connectivity index (χ3n) is 8.89. The lowest BCUT2D eigenvalue weighted by atomic mass is 10.2. The maximum absolute atomic E-state index is 8.73. The van der Waals surface area contributed by atoms with E-state index in [1.54, 1.807) is 0 Å². The minimum atomic E-state index is 0.232. The van der Waals surface area contributed by atoms with E-state index in [1.807, 2.05) is 0 Å². The van der Waals surface area contributed by atoms with Crippen molar-refractivity contribution >= 4 is 0 Å². The third kappa shape index (κ3) is 49.3. The van der Waals surface area contributed by atoms with E-state index in [-0.39, 0.29) is 6.61 Å². The minimum absolute atomic E-state index is 0.232. The Balaban J connectivity index is 3.09. The van der Waals surface area contributed by atoms with Crippen LogP contribution in [-0.4, -0.2) is 143 Å². The quantitative estimate of drug-likeness (QED) is 0.0334. The van der Waals surface area contributed by atoms with Gasteiger partial charge in [0.1, 0.15) is 0 Å². The molecule has 306 valence electrons. The molecule has 0 radical (unpaired) electrons. The Morgan fingerprint density at radius 3 is 0.686 bits per heavy atom. The fourth-order valence-electron chi connectivity index (χ4n) is 5.67. The fourth-order valence-corrected chi connectivity index (χ4v) is 5.67. The zero-order chi connectivity index (χ0) is 36.6. The van der Waals surface area contributed by atoms with E-state index >= 15 is 0 Å². The van der Waals surface area contributed by atoms with Gasteiger partial charge in [0.2, 0.25) is 0 Å². The molecule has 0 spiro atoms. The molecule has 0 aliphatic rings. The molecular formula is C40H90N10O. The summed E-state index contributed by atoms with van der Waals surface area (Å²) in [6.45, 7) is 24.1. The number of aliphatic hydroxyl groups excluding tert-OH is 1. The second kappa shape index (κ2) is 49.3. The van der Waals surface area contributed by atoms with Crippen LogP contribution in [0.3, 0.4) is 0 Å². The summed E-state index contributed by atoms with van der Waals surface area (Å²) in [7, 11) is 0. The Bertz CT molecular complexity index is 632. The molecule has 0 aliphatic carbocycles. The van der Waals surface area contributed by atoms with Gasteiger partial charge in [0.15, 0.2) is 0 Å². The van der Waals surface area contributed by atoms with Crippen LogP contribution in [0.15, 0.2) is 12.2 Å². The van der Waals surface area contributed by atoms with Crippen molar-refractivity contribution in [2.24, 2.45) is 0 Å². The monoisotopic (exact) mass is 727 g/mol. The van der Waals surface area contributed by atoms with E-state index in [0.717, 1.165) is 124 Å². The third-order valence-corrected chi connectivity index (χ3v) is 8.89. The van der Waals surface area contributed by atoms with E-state index in [0.29, 0.717) is 6.54 Å². The van der Waals surface area contributed by atoms with Crippen LogP contribution in [0.5, 0.6) is 0 Å². The molecule has 0 aromatic carbocycles. The number of hydrogen-bond acceptors (Lipinski definition) is 11. The van der Waals surface area contributed by atoms with Crippen LogP contribution in [0.25, 0.3) is 0 Å². The molecule has 0 aliphatic heterocycles. The molecule has 11 N–H and O–H groups in total. The van der Waals surface area contributed by atoms with Crippen molar-refractivity contribution in [3.05, 3.63) is 12.2 Å². The van der Waals surface area contributed by atoms with Gasteiger partial charge in [0.25, 0.3) is 0 Å². The summed E-state index contributed by atoms with van der Waals surface area (Å²) in [5, 5.41) is 43.9. The van der Waals surface area contributed by atoms with Gasteiger partial charge < -0.3 is 58.3 Å². The zero-order valence-corrected chi connectivity index (χ0v) is 33.8. The highest BCUT2D eigenvalue weighted by molar-refractivity contribution is 4.85. The topological polar surface area (TPSA) is 141 Å². The molecule has 0 amide bonds. The fraction of sp³-hybridized carbons (Fsp3) is 0.950. The van der Waals surface area contributed by atoms with Crippen molar-refractivity contribution < 1.29 is 5.11 Å². The van der Waals surface area contributed by atoms with Gasteiger partial charge in [-0.3, -0.25) is 0 Å². The highest BCUT2D eigenvalue weighted by Gasteiger charge is 1.96. The second-order valence-electron chi connectivity index (χ2n) is 13.9. The van der Waals surface area contributed by atoms with Gasteiger partial charge in [-0.2, -0.15) is 0 Å². The molecular weight excluding hydrogens is 637 g/mol. The average Bonchev–Trinajstić information content (AvgIpc) is 3.14. The first-order valence-electron chi connectivity index (χ1n) is 21.7. The Labute approximate surface area is 317 Å². The Morgan fingerprint density at radius 1 is 0.275 bits per heavy atom. The summed E-state index contributed by atoms with van der Waals surface area (Å²) in [4.78, 5) is 0. The van der Waals surface area contributed by atoms with Crippen LogP contribution in [0.1, 0.15) is 110 Å². The van der Waals surface area contributed by atoms with Gasteiger partial charge in [-0.1, -0.05) is 19.1 Å². The van der Waals surface area contributed by atoms with E-state index in [1.165, 1.54) is 103 Å². The first kappa shape index (κ1) is 50.3. The lowest BCUT2D eigenvalue weighted by Gasteiger charge is -2.08. The molecule has 0 atom stereocenters. The first-order valence-corrected chi connectivity index (χ1v) is 21.7. The molecule has 0 rings (SSSR count). The Hall–Kier alpha value is -0.700. The van der Waals surface area contributed by atoms with Crippen LogP contribution in [-0.2, 0) is 0 Å². The Morgan fingerprint density at radius 2 is 0.471 bits per heavy atom. The van der Waals surface area contributed by atoms with Crippen molar-refractivity contribution in [2.75, 3.05) is 138 Å². The molecule has 0 saturated carbocycles. The smallest absolute Gasteiger partial charge is 0.0555 e. The van der Waals surface area contributed by atoms with Crippen LogP contribution < -0.4 is 53.2 Å². The average molecular weight is 727 g/mol. The molecule has 0 unspecified atom stereocenters. The zero-order valence-electron chi connectivity index (χ0n) is 33.8. The van der Waals surface area contributed by atoms with Crippen LogP contribution >= 0.6 is 0 Å². The van der Waals surface area contributed by atoms with Crippen LogP contribution in [0.4, 0.5) is 0 Å². The van der Waals surface area contributed by atoms with Crippen LogP contribution in [0, 0.1) is 0 Å². The van der Waals surface area contributed by atoms with Gasteiger partial charge in [-0.05, 0) is 214 Å². The predicted octanol–water partition coefficient (Wildman–Crippen LogP) is 2.69. The van der Waals surface area contributed by atoms with Gasteiger partial charge in [0.05, 0.1) is 6.61 Å². The summed E-state index contributed by atoms with van der Waals surface area (Å²) in [5.74, 6) is 0. The number of aliphatic hydroxyl groups is 1. The molecule has 11 nitrogen and oxygen atoms in total. The molecule has 0 fully saturated rings. The lowest BCUT2D eigenvalue weighted by molar-refractivity contribution is 0.292. The standard InChI is InChI=1S/C40H90N10O/c1-2-41-21-3-4-22-42-23-5-6-24-43-25-7-8-26-44-27-9-10-28-45-29-11-12-30-46-31-13-14-32-47-33-15-16-34-48-35-17-18-36-49-37-19-20-38-50-39-40-51/h11-12,41-51H,2-10,13-40H2,1H3/b12-11+. The van der Waals surface area contributed by atoms with Crippen molar-refractivity contribution in [3.63, 3.8) is 0 Å². The summed E-state index contributed by atoms with van der Waals surface area (Å²) < 4.78 is 0. The number of unbranched alkanes of at least 4 members (excludes halogenated alkanes) is 8. The summed E-state index contributed by atoms with van der Waals surface area (Å²) in [6, 6.07) is 0. The van der Waals surface area contributed by atoms with Gasteiger partial charge in [-0.15, -0.1) is 0 Å². The largest absolute Gasteiger partial charge is 0.395 e. The van der Waals surface area contributed by atoms with Crippen molar-refractivity contribution in [2.45, 2.75) is 110 Å². The summed E-state index contributed by atoms with van der Waals surface area (Å²) in [5.41, 5.74) is 0. The van der Waals surface area contributed by atoms with Gasteiger partial charge in [0, 0.05) is 19.6 Å².